The predicted molar refractivity (Wildman–Crippen MR) is 51.2 cm³/mol. The Morgan fingerprint density at radius 2 is 2.07 bits per heavy atom. The zero-order chi connectivity index (χ0) is 11.8. The molecule has 0 unspecified atom stereocenters. The Balaban J connectivity index is 3.11. The first kappa shape index (κ1) is 12.3. The van der Waals surface area contributed by atoms with Crippen molar-refractivity contribution >= 4 is 34.0 Å². The first-order valence-electron chi connectivity index (χ1n) is 3.71. The van der Waals surface area contributed by atoms with Crippen LogP contribution >= 0.6 is 22.9 Å². The highest BCUT2D eigenvalue weighted by Crippen LogP contribution is 2.39. The predicted octanol–water partition coefficient (Wildman–Crippen LogP) is 2.80. The highest BCUT2D eigenvalue weighted by molar-refractivity contribution is 7.19. The van der Waals surface area contributed by atoms with Gasteiger partial charge in [-0.1, -0.05) is 22.9 Å². The fourth-order valence-electron chi connectivity index (χ4n) is 0.744. The lowest BCUT2D eigenvalue weighted by Gasteiger charge is -2.09. The zero-order valence-electron chi connectivity index (χ0n) is 7.72. The summed E-state index contributed by atoms with van der Waals surface area (Å²) in [7, 11) is 1.33. The maximum absolute atomic E-state index is 12.3. The molecule has 0 aromatic carbocycles. The van der Waals surface area contributed by atoms with E-state index in [9.17, 15) is 18.0 Å². The van der Waals surface area contributed by atoms with Crippen LogP contribution < -0.4 is 4.90 Å². The van der Waals surface area contributed by atoms with Crippen molar-refractivity contribution in [1.82, 2.24) is 4.98 Å². The third-order valence-corrected chi connectivity index (χ3v) is 2.93. The summed E-state index contributed by atoms with van der Waals surface area (Å²) in [6, 6.07) is 0. The molecule has 15 heavy (non-hydrogen) atoms. The molecule has 0 aliphatic heterocycles. The number of alkyl halides is 3. The van der Waals surface area contributed by atoms with Gasteiger partial charge < -0.3 is 0 Å². The second-order valence-corrected chi connectivity index (χ2v) is 4.27. The molecule has 1 heterocycles. The van der Waals surface area contributed by atoms with Crippen LogP contribution in [0.15, 0.2) is 0 Å². The van der Waals surface area contributed by atoms with E-state index >= 15 is 0 Å². The Hall–Kier alpha value is -0.820. The van der Waals surface area contributed by atoms with Crippen LogP contribution in [0, 0.1) is 0 Å². The van der Waals surface area contributed by atoms with Crippen molar-refractivity contribution in [2.75, 3.05) is 11.9 Å². The number of nitrogens with zero attached hydrogens (tertiary/aromatic N) is 2. The molecule has 84 valence electrons. The maximum atomic E-state index is 12.3. The maximum Gasteiger partial charge on any atom is 0.435 e. The van der Waals surface area contributed by atoms with E-state index in [1.807, 2.05) is 0 Å². The molecule has 0 radical (unpaired) electrons. The summed E-state index contributed by atoms with van der Waals surface area (Å²) >= 11 is 5.99. The molecule has 0 N–H and O–H groups in total. The van der Waals surface area contributed by atoms with E-state index in [1.165, 1.54) is 14.0 Å². The van der Waals surface area contributed by atoms with Gasteiger partial charge in [-0.2, -0.15) is 13.2 Å². The van der Waals surface area contributed by atoms with E-state index < -0.39 is 22.1 Å². The lowest BCUT2D eigenvalue weighted by molar-refractivity contribution is -0.140. The van der Waals surface area contributed by atoms with Crippen LogP contribution in [-0.4, -0.2) is 17.9 Å². The highest BCUT2D eigenvalue weighted by Gasteiger charge is 2.37. The van der Waals surface area contributed by atoms with Gasteiger partial charge in [-0.25, -0.2) is 4.98 Å². The van der Waals surface area contributed by atoms with Crippen LogP contribution in [0.4, 0.5) is 18.3 Å². The average Bonchev–Trinajstić information content (AvgIpc) is 2.44. The quantitative estimate of drug-likeness (QED) is 0.776. The van der Waals surface area contributed by atoms with Crippen molar-refractivity contribution in [2.45, 2.75) is 13.1 Å². The molecule has 0 fully saturated rings. The third-order valence-electron chi connectivity index (χ3n) is 1.60. The molecule has 0 atom stereocenters. The summed E-state index contributed by atoms with van der Waals surface area (Å²) < 4.78 is 36.4. The van der Waals surface area contributed by atoms with Crippen LogP contribution in [0.5, 0.6) is 0 Å². The molecule has 1 aromatic rings. The summed E-state index contributed by atoms with van der Waals surface area (Å²) in [4.78, 5) is 15.2. The largest absolute Gasteiger partial charge is 0.435 e. The molecule has 1 amide bonds. The van der Waals surface area contributed by atoms with Crippen molar-refractivity contribution in [3.05, 3.63) is 10.0 Å². The number of aromatic nitrogens is 1. The van der Waals surface area contributed by atoms with Crippen molar-refractivity contribution < 1.29 is 18.0 Å². The van der Waals surface area contributed by atoms with E-state index in [4.69, 9.17) is 11.6 Å². The molecule has 8 heteroatoms. The van der Waals surface area contributed by atoms with Crippen LogP contribution in [0.2, 0.25) is 4.34 Å². The molecule has 0 bridgehead atoms. The van der Waals surface area contributed by atoms with Gasteiger partial charge in [0.2, 0.25) is 5.91 Å². The minimum Gasteiger partial charge on any atom is -0.291 e. The van der Waals surface area contributed by atoms with Crippen LogP contribution in [0.3, 0.4) is 0 Å². The Bertz CT molecular complexity index is 390. The number of rotatable bonds is 1. The molecule has 0 saturated carbocycles. The summed E-state index contributed by atoms with van der Waals surface area (Å²) in [5.74, 6) is -0.408. The van der Waals surface area contributed by atoms with Crippen LogP contribution in [0.1, 0.15) is 12.6 Å². The molecule has 1 rings (SSSR count). The Morgan fingerprint density at radius 3 is 2.40 bits per heavy atom. The van der Waals surface area contributed by atoms with Gasteiger partial charge >= 0.3 is 6.18 Å². The van der Waals surface area contributed by atoms with Crippen molar-refractivity contribution in [3.8, 4) is 0 Å². The molecule has 0 spiro atoms. The minimum atomic E-state index is -4.59. The minimum absolute atomic E-state index is 0.0696. The van der Waals surface area contributed by atoms with E-state index in [0.29, 0.717) is 11.3 Å². The van der Waals surface area contributed by atoms with Gasteiger partial charge in [-0.15, -0.1) is 0 Å². The van der Waals surface area contributed by atoms with E-state index in [0.717, 1.165) is 4.90 Å². The molecular formula is C7H6ClF3N2OS. The monoisotopic (exact) mass is 258 g/mol. The molecule has 0 aliphatic rings. The summed E-state index contributed by atoms with van der Waals surface area (Å²) in [6.45, 7) is 1.22. The van der Waals surface area contributed by atoms with E-state index in [1.54, 1.807) is 0 Å². The topological polar surface area (TPSA) is 33.2 Å². The lowest BCUT2D eigenvalue weighted by atomic mass is 10.5. The smallest absolute Gasteiger partial charge is 0.291 e. The first-order valence-corrected chi connectivity index (χ1v) is 4.90. The molecule has 0 saturated heterocycles. The Labute approximate surface area is 92.5 Å². The highest BCUT2D eigenvalue weighted by atomic mass is 35.5. The molecule has 1 aromatic heterocycles. The van der Waals surface area contributed by atoms with Crippen molar-refractivity contribution in [1.29, 1.82) is 0 Å². The first-order chi connectivity index (χ1) is 6.73. The number of thiazole rings is 1. The van der Waals surface area contributed by atoms with Gasteiger partial charge in [-0.05, 0) is 0 Å². The normalized spacial score (nSPS) is 11.6. The van der Waals surface area contributed by atoms with Crippen LogP contribution in [0.25, 0.3) is 0 Å². The summed E-state index contributed by atoms with van der Waals surface area (Å²) in [5, 5.41) is -0.0696. The van der Waals surface area contributed by atoms with Gasteiger partial charge in [0.25, 0.3) is 0 Å². The average molecular weight is 259 g/mol. The Morgan fingerprint density at radius 1 is 1.53 bits per heavy atom. The number of halogens is 4. The van der Waals surface area contributed by atoms with E-state index in [-0.39, 0.29) is 5.13 Å². The van der Waals surface area contributed by atoms with Crippen molar-refractivity contribution in [2.24, 2.45) is 0 Å². The fourth-order valence-corrected chi connectivity index (χ4v) is 1.92. The van der Waals surface area contributed by atoms with Gasteiger partial charge in [0.15, 0.2) is 10.8 Å². The summed E-state index contributed by atoms with van der Waals surface area (Å²) in [5.41, 5.74) is -1.16. The number of amides is 1. The summed E-state index contributed by atoms with van der Waals surface area (Å²) in [6.07, 6.45) is -4.59. The Kier molecular flexibility index (Phi) is 3.25. The second-order valence-electron chi connectivity index (χ2n) is 2.69. The molecule has 3 nitrogen and oxygen atoms in total. The van der Waals surface area contributed by atoms with Crippen molar-refractivity contribution in [3.63, 3.8) is 0 Å². The number of carbonyl (C=O) groups excluding carboxylic acids is 1. The fraction of sp³-hybridized carbons (Fsp3) is 0.429. The van der Waals surface area contributed by atoms with Gasteiger partial charge in [-0.3, -0.25) is 9.69 Å². The lowest BCUT2D eigenvalue weighted by Crippen LogP contribution is -2.22. The van der Waals surface area contributed by atoms with Gasteiger partial charge in [0, 0.05) is 14.0 Å². The second kappa shape index (κ2) is 3.97. The van der Waals surface area contributed by atoms with E-state index in [2.05, 4.69) is 4.98 Å². The number of hydrogen-bond acceptors (Lipinski definition) is 3. The zero-order valence-corrected chi connectivity index (χ0v) is 9.30. The number of carbonyl (C=O) groups is 1. The van der Waals surface area contributed by atoms with Gasteiger partial charge in [0.05, 0.1) is 0 Å². The molecule has 0 aliphatic carbocycles. The SMILES string of the molecule is CC(=O)N(C)c1nc(C(F)(F)F)c(Cl)s1. The van der Waals surface area contributed by atoms with Crippen LogP contribution in [-0.2, 0) is 11.0 Å². The van der Waals surface area contributed by atoms with Gasteiger partial charge in [0.1, 0.15) is 4.34 Å². The third kappa shape index (κ3) is 2.60. The molecular weight excluding hydrogens is 253 g/mol. The number of hydrogen-bond donors (Lipinski definition) is 0. The standard InChI is InChI=1S/C7H6ClF3N2OS/c1-3(14)13(2)6-12-4(5(8)15-6)7(9,10)11/h1-2H3. The number of anilines is 1.